The molecule has 1 amide bonds. The molecule has 0 aliphatic carbocycles. The Hall–Kier alpha value is -2.30. The average molecular weight is 327 g/mol. The van der Waals surface area contributed by atoms with E-state index >= 15 is 0 Å². The van der Waals surface area contributed by atoms with E-state index in [1.54, 1.807) is 10.9 Å². The summed E-state index contributed by atoms with van der Waals surface area (Å²) in [5, 5.41) is 4.19. The van der Waals surface area contributed by atoms with Gasteiger partial charge in [0.25, 0.3) is 0 Å². The molecule has 1 saturated heterocycles. The van der Waals surface area contributed by atoms with Crippen molar-refractivity contribution in [1.29, 1.82) is 0 Å². The normalized spacial score (nSPS) is 15.5. The number of hydrogen-bond donors (Lipinski definition) is 0. The van der Waals surface area contributed by atoms with E-state index in [2.05, 4.69) is 37.1 Å². The molecule has 5 nitrogen and oxygen atoms in total. The summed E-state index contributed by atoms with van der Waals surface area (Å²) in [5.74, 6) is 1.12. The summed E-state index contributed by atoms with van der Waals surface area (Å²) in [6, 6.07) is 6.20. The predicted molar refractivity (Wildman–Crippen MR) is 93.1 cm³/mol. The third-order valence-electron chi connectivity index (χ3n) is 4.55. The van der Waals surface area contributed by atoms with Gasteiger partial charge in [-0.05, 0) is 37.5 Å². The highest BCUT2D eigenvalue weighted by atomic mass is 16.5. The third-order valence-corrected chi connectivity index (χ3v) is 4.55. The van der Waals surface area contributed by atoms with Crippen LogP contribution in [-0.2, 0) is 11.3 Å². The number of para-hydroxylation sites is 1. The summed E-state index contributed by atoms with van der Waals surface area (Å²) in [5.41, 5.74) is 3.41. The van der Waals surface area contributed by atoms with Crippen molar-refractivity contribution in [2.45, 2.75) is 46.3 Å². The summed E-state index contributed by atoms with van der Waals surface area (Å²) in [6.07, 6.45) is 5.60. The summed E-state index contributed by atoms with van der Waals surface area (Å²) in [7, 11) is 0. The van der Waals surface area contributed by atoms with Gasteiger partial charge in [0.15, 0.2) is 0 Å². The largest absolute Gasteiger partial charge is 0.490 e. The first-order valence-corrected chi connectivity index (χ1v) is 8.52. The van der Waals surface area contributed by atoms with E-state index < -0.39 is 0 Å². The third kappa shape index (κ3) is 3.78. The van der Waals surface area contributed by atoms with Crippen molar-refractivity contribution in [3.05, 3.63) is 47.3 Å². The molecule has 0 radical (unpaired) electrons. The van der Waals surface area contributed by atoms with Gasteiger partial charge in [0.05, 0.1) is 6.20 Å². The molecule has 2 heterocycles. The molecular weight excluding hydrogens is 302 g/mol. The number of benzene rings is 1. The van der Waals surface area contributed by atoms with Gasteiger partial charge in [-0.25, -0.2) is 0 Å². The Balaban J connectivity index is 1.53. The Morgan fingerprint density at radius 2 is 1.88 bits per heavy atom. The fourth-order valence-electron chi connectivity index (χ4n) is 3.17. The van der Waals surface area contributed by atoms with E-state index in [0.717, 1.165) is 37.2 Å². The summed E-state index contributed by atoms with van der Waals surface area (Å²) in [4.78, 5) is 14.3. The second-order valence-corrected chi connectivity index (χ2v) is 6.63. The lowest BCUT2D eigenvalue weighted by Gasteiger charge is -2.32. The minimum Gasteiger partial charge on any atom is -0.490 e. The number of rotatable bonds is 4. The second kappa shape index (κ2) is 7.07. The van der Waals surface area contributed by atoms with Crippen LogP contribution in [0.5, 0.6) is 5.75 Å². The first kappa shape index (κ1) is 16.6. The van der Waals surface area contributed by atoms with Crippen molar-refractivity contribution in [3.63, 3.8) is 0 Å². The van der Waals surface area contributed by atoms with Crippen LogP contribution in [0.25, 0.3) is 0 Å². The van der Waals surface area contributed by atoms with Crippen molar-refractivity contribution in [2.24, 2.45) is 0 Å². The van der Waals surface area contributed by atoms with Gasteiger partial charge in [0, 0.05) is 32.1 Å². The van der Waals surface area contributed by atoms with Gasteiger partial charge in [0.2, 0.25) is 5.91 Å². The topological polar surface area (TPSA) is 47.4 Å². The van der Waals surface area contributed by atoms with Crippen LogP contribution in [0.4, 0.5) is 0 Å². The number of aromatic nitrogens is 2. The van der Waals surface area contributed by atoms with Crippen LogP contribution in [0, 0.1) is 20.8 Å². The van der Waals surface area contributed by atoms with E-state index in [1.165, 1.54) is 11.1 Å². The Bertz CT molecular complexity index is 695. The molecule has 2 aromatic rings. The van der Waals surface area contributed by atoms with Crippen LogP contribution < -0.4 is 4.74 Å². The molecule has 1 aliphatic rings. The Morgan fingerprint density at radius 3 is 2.46 bits per heavy atom. The van der Waals surface area contributed by atoms with E-state index in [4.69, 9.17) is 4.74 Å². The molecule has 1 fully saturated rings. The van der Waals surface area contributed by atoms with Gasteiger partial charge in [-0.15, -0.1) is 0 Å². The van der Waals surface area contributed by atoms with Crippen LogP contribution in [0.3, 0.4) is 0 Å². The molecule has 0 unspecified atom stereocenters. The van der Waals surface area contributed by atoms with Crippen molar-refractivity contribution < 1.29 is 9.53 Å². The Morgan fingerprint density at radius 1 is 1.21 bits per heavy atom. The predicted octanol–water partition coefficient (Wildman–Crippen LogP) is 2.88. The molecule has 128 valence electrons. The van der Waals surface area contributed by atoms with Gasteiger partial charge >= 0.3 is 0 Å². The maximum atomic E-state index is 12.4. The lowest BCUT2D eigenvalue weighted by Crippen LogP contribution is -2.43. The second-order valence-electron chi connectivity index (χ2n) is 6.63. The quantitative estimate of drug-likeness (QED) is 0.867. The smallest absolute Gasteiger partial charge is 0.244 e. The highest BCUT2D eigenvalue weighted by Crippen LogP contribution is 2.26. The fourth-order valence-corrected chi connectivity index (χ4v) is 3.17. The zero-order valence-corrected chi connectivity index (χ0v) is 14.7. The standard InChI is InChI=1S/C19H25N3O2/c1-14-11-20-22(12-14)13-18(23)21-9-7-17(8-10-21)24-19-15(2)5-4-6-16(19)3/h4-6,11-12,17H,7-10,13H2,1-3H3. The molecule has 1 aromatic carbocycles. The summed E-state index contributed by atoms with van der Waals surface area (Å²) >= 11 is 0. The fraction of sp³-hybridized carbons (Fsp3) is 0.474. The van der Waals surface area contributed by atoms with Crippen LogP contribution in [0.2, 0.25) is 0 Å². The van der Waals surface area contributed by atoms with E-state index in [9.17, 15) is 4.79 Å². The maximum absolute atomic E-state index is 12.4. The van der Waals surface area contributed by atoms with E-state index in [0.29, 0.717) is 6.54 Å². The van der Waals surface area contributed by atoms with E-state index in [1.807, 2.05) is 18.0 Å². The molecule has 0 atom stereocenters. The minimum absolute atomic E-state index is 0.128. The van der Waals surface area contributed by atoms with E-state index in [-0.39, 0.29) is 12.0 Å². The number of aryl methyl sites for hydroxylation is 3. The molecule has 1 aromatic heterocycles. The number of nitrogens with zero attached hydrogens (tertiary/aromatic N) is 3. The van der Waals surface area contributed by atoms with Gasteiger partial charge in [-0.2, -0.15) is 5.10 Å². The maximum Gasteiger partial charge on any atom is 0.244 e. The first-order valence-electron chi connectivity index (χ1n) is 8.52. The molecule has 0 spiro atoms. The molecule has 1 aliphatic heterocycles. The van der Waals surface area contributed by atoms with Crippen molar-refractivity contribution in [3.8, 4) is 5.75 Å². The number of carbonyl (C=O) groups excluding carboxylic acids is 1. The molecule has 0 bridgehead atoms. The van der Waals surface area contributed by atoms with Crippen LogP contribution in [0.15, 0.2) is 30.6 Å². The number of likely N-dealkylation sites (tertiary alicyclic amines) is 1. The summed E-state index contributed by atoms with van der Waals surface area (Å²) in [6.45, 7) is 7.93. The first-order chi connectivity index (χ1) is 11.5. The lowest BCUT2D eigenvalue weighted by atomic mass is 10.1. The summed E-state index contributed by atoms with van der Waals surface area (Å²) < 4.78 is 7.92. The van der Waals surface area contributed by atoms with Gasteiger partial charge in [-0.3, -0.25) is 9.48 Å². The van der Waals surface area contributed by atoms with Crippen molar-refractivity contribution >= 4 is 5.91 Å². The van der Waals surface area contributed by atoms with Gasteiger partial charge < -0.3 is 9.64 Å². The Kier molecular flexibility index (Phi) is 4.88. The molecule has 24 heavy (non-hydrogen) atoms. The zero-order chi connectivity index (χ0) is 17.1. The monoisotopic (exact) mass is 327 g/mol. The molecule has 0 N–H and O–H groups in total. The molecule has 0 saturated carbocycles. The highest BCUT2D eigenvalue weighted by molar-refractivity contribution is 5.76. The Labute approximate surface area is 143 Å². The molecule has 5 heteroatoms. The van der Waals surface area contributed by atoms with Crippen molar-refractivity contribution in [1.82, 2.24) is 14.7 Å². The number of hydrogen-bond acceptors (Lipinski definition) is 3. The minimum atomic E-state index is 0.128. The average Bonchev–Trinajstić information content (AvgIpc) is 2.96. The van der Waals surface area contributed by atoms with Gasteiger partial charge in [0.1, 0.15) is 18.4 Å². The highest BCUT2D eigenvalue weighted by Gasteiger charge is 2.24. The van der Waals surface area contributed by atoms with Crippen LogP contribution in [0.1, 0.15) is 29.5 Å². The molecular formula is C19H25N3O2. The number of piperidine rings is 1. The van der Waals surface area contributed by atoms with Crippen LogP contribution in [-0.4, -0.2) is 39.8 Å². The number of amides is 1. The SMILES string of the molecule is Cc1cnn(CC(=O)N2CCC(Oc3c(C)cccc3C)CC2)c1. The van der Waals surface area contributed by atoms with Crippen molar-refractivity contribution in [2.75, 3.05) is 13.1 Å². The van der Waals surface area contributed by atoms with Gasteiger partial charge in [-0.1, -0.05) is 18.2 Å². The number of carbonyl (C=O) groups is 1. The zero-order valence-electron chi connectivity index (χ0n) is 14.7. The molecule has 3 rings (SSSR count). The van der Waals surface area contributed by atoms with Crippen LogP contribution >= 0.6 is 0 Å². The lowest BCUT2D eigenvalue weighted by molar-refractivity contribution is -0.133. The number of ether oxygens (including phenoxy) is 1.